The third-order valence-electron chi connectivity index (χ3n) is 2.84. The SMILES string of the molecule is COc1ccc(C)cc1CN(C)CCC(C)N. The number of nitrogens with zero attached hydrogens (tertiary/aromatic N) is 1. The molecule has 0 amide bonds. The maximum Gasteiger partial charge on any atom is 0.123 e. The average molecular weight is 236 g/mol. The van der Waals surface area contributed by atoms with Crippen LogP contribution in [-0.2, 0) is 6.54 Å². The topological polar surface area (TPSA) is 38.5 Å². The fourth-order valence-corrected chi connectivity index (χ4v) is 1.82. The molecule has 2 N–H and O–H groups in total. The van der Waals surface area contributed by atoms with E-state index in [1.54, 1.807) is 7.11 Å². The van der Waals surface area contributed by atoms with Crippen LogP contribution in [-0.4, -0.2) is 31.6 Å². The summed E-state index contributed by atoms with van der Waals surface area (Å²) in [6, 6.07) is 6.55. The molecule has 0 aromatic heterocycles. The van der Waals surface area contributed by atoms with E-state index in [1.807, 2.05) is 13.0 Å². The van der Waals surface area contributed by atoms with Crippen LogP contribution in [0.2, 0.25) is 0 Å². The minimum atomic E-state index is 0.261. The van der Waals surface area contributed by atoms with E-state index in [0.717, 1.165) is 25.3 Å². The summed E-state index contributed by atoms with van der Waals surface area (Å²) in [5.74, 6) is 0.961. The summed E-state index contributed by atoms with van der Waals surface area (Å²) >= 11 is 0. The molecule has 1 rings (SSSR count). The summed E-state index contributed by atoms with van der Waals surface area (Å²) in [6.45, 7) is 6.05. The molecular formula is C14H24N2O. The number of benzene rings is 1. The molecule has 0 saturated heterocycles. The van der Waals surface area contributed by atoms with Crippen molar-refractivity contribution < 1.29 is 4.74 Å². The van der Waals surface area contributed by atoms with Crippen molar-refractivity contribution in [3.8, 4) is 5.75 Å². The fraction of sp³-hybridized carbons (Fsp3) is 0.571. The number of rotatable bonds is 6. The summed E-state index contributed by atoms with van der Waals surface area (Å²) in [7, 11) is 3.83. The maximum absolute atomic E-state index is 5.76. The van der Waals surface area contributed by atoms with E-state index in [2.05, 4.69) is 31.0 Å². The number of nitrogens with two attached hydrogens (primary N) is 1. The van der Waals surface area contributed by atoms with E-state index in [4.69, 9.17) is 10.5 Å². The highest BCUT2D eigenvalue weighted by Crippen LogP contribution is 2.20. The Balaban J connectivity index is 2.63. The fourth-order valence-electron chi connectivity index (χ4n) is 1.82. The van der Waals surface area contributed by atoms with Gasteiger partial charge in [0, 0.05) is 18.2 Å². The maximum atomic E-state index is 5.76. The lowest BCUT2D eigenvalue weighted by molar-refractivity contribution is 0.306. The predicted octanol–water partition coefficient (Wildman–Crippen LogP) is 2.17. The van der Waals surface area contributed by atoms with Gasteiger partial charge in [0.1, 0.15) is 5.75 Å². The largest absolute Gasteiger partial charge is 0.496 e. The lowest BCUT2D eigenvalue weighted by Gasteiger charge is -2.19. The molecule has 0 aliphatic heterocycles. The van der Waals surface area contributed by atoms with Gasteiger partial charge < -0.3 is 15.4 Å². The van der Waals surface area contributed by atoms with Crippen molar-refractivity contribution in [3.63, 3.8) is 0 Å². The Morgan fingerprint density at radius 3 is 2.71 bits per heavy atom. The monoisotopic (exact) mass is 236 g/mol. The number of hydrogen-bond donors (Lipinski definition) is 1. The summed E-state index contributed by atoms with van der Waals surface area (Å²) < 4.78 is 5.38. The normalized spacial score (nSPS) is 12.8. The van der Waals surface area contributed by atoms with Crippen LogP contribution in [0.3, 0.4) is 0 Å². The zero-order chi connectivity index (χ0) is 12.8. The molecule has 1 aromatic rings. The number of methoxy groups -OCH3 is 1. The Hall–Kier alpha value is -1.06. The van der Waals surface area contributed by atoms with Crippen LogP contribution in [0.1, 0.15) is 24.5 Å². The molecule has 3 heteroatoms. The molecule has 0 saturated carbocycles. The molecule has 1 atom stereocenters. The molecule has 3 nitrogen and oxygen atoms in total. The smallest absolute Gasteiger partial charge is 0.123 e. The molecule has 0 spiro atoms. The second-order valence-corrected chi connectivity index (χ2v) is 4.82. The first-order valence-corrected chi connectivity index (χ1v) is 6.10. The lowest BCUT2D eigenvalue weighted by atomic mass is 10.1. The second kappa shape index (κ2) is 6.62. The Labute approximate surface area is 105 Å². The first-order chi connectivity index (χ1) is 8.02. The molecular weight excluding hydrogens is 212 g/mol. The van der Waals surface area contributed by atoms with Gasteiger partial charge in [-0.2, -0.15) is 0 Å². The Morgan fingerprint density at radius 1 is 1.41 bits per heavy atom. The highest BCUT2D eigenvalue weighted by atomic mass is 16.5. The number of aryl methyl sites for hydroxylation is 1. The summed E-state index contributed by atoms with van der Waals surface area (Å²) in [5, 5.41) is 0. The molecule has 1 unspecified atom stereocenters. The predicted molar refractivity (Wildman–Crippen MR) is 72.3 cm³/mol. The summed E-state index contributed by atoms with van der Waals surface area (Å²) in [6.07, 6.45) is 1.02. The molecule has 0 heterocycles. The van der Waals surface area contributed by atoms with Gasteiger partial charge in [-0.25, -0.2) is 0 Å². The molecule has 17 heavy (non-hydrogen) atoms. The van der Waals surface area contributed by atoms with Crippen LogP contribution in [0.4, 0.5) is 0 Å². The van der Waals surface area contributed by atoms with E-state index in [-0.39, 0.29) is 6.04 Å². The number of hydrogen-bond acceptors (Lipinski definition) is 3. The van der Waals surface area contributed by atoms with Gasteiger partial charge in [-0.15, -0.1) is 0 Å². The Bertz CT molecular complexity index is 350. The van der Waals surface area contributed by atoms with Crippen LogP contribution >= 0.6 is 0 Å². The highest BCUT2D eigenvalue weighted by Gasteiger charge is 2.07. The van der Waals surface area contributed by atoms with Gasteiger partial charge in [0.05, 0.1) is 7.11 Å². The second-order valence-electron chi connectivity index (χ2n) is 4.82. The molecule has 0 fully saturated rings. The van der Waals surface area contributed by atoms with Crippen molar-refractivity contribution in [1.29, 1.82) is 0 Å². The van der Waals surface area contributed by atoms with Gasteiger partial charge >= 0.3 is 0 Å². The number of ether oxygens (including phenoxy) is 1. The van der Waals surface area contributed by atoms with Gasteiger partial charge in [0.2, 0.25) is 0 Å². The van der Waals surface area contributed by atoms with Crippen molar-refractivity contribution in [2.24, 2.45) is 5.73 Å². The molecule has 1 aromatic carbocycles. The first kappa shape index (κ1) is 14.0. The molecule has 96 valence electrons. The zero-order valence-electron chi connectivity index (χ0n) is 11.4. The van der Waals surface area contributed by atoms with Crippen molar-refractivity contribution >= 4 is 0 Å². The van der Waals surface area contributed by atoms with Crippen molar-refractivity contribution in [2.45, 2.75) is 32.9 Å². The van der Waals surface area contributed by atoms with Crippen LogP contribution in [0, 0.1) is 6.92 Å². The summed E-state index contributed by atoms with van der Waals surface area (Å²) in [4.78, 5) is 2.28. The lowest BCUT2D eigenvalue weighted by Crippen LogP contribution is -2.25. The van der Waals surface area contributed by atoms with Crippen LogP contribution in [0.5, 0.6) is 5.75 Å². The van der Waals surface area contributed by atoms with Crippen molar-refractivity contribution in [1.82, 2.24) is 4.90 Å². The quantitative estimate of drug-likeness (QED) is 0.822. The van der Waals surface area contributed by atoms with Crippen molar-refractivity contribution in [3.05, 3.63) is 29.3 Å². The molecule has 0 aliphatic carbocycles. The third-order valence-corrected chi connectivity index (χ3v) is 2.84. The molecule has 0 aliphatic rings. The van der Waals surface area contributed by atoms with E-state index >= 15 is 0 Å². The Morgan fingerprint density at radius 2 is 2.12 bits per heavy atom. The van der Waals surface area contributed by atoms with E-state index in [9.17, 15) is 0 Å². The molecule has 0 bridgehead atoms. The Kier molecular flexibility index (Phi) is 5.45. The van der Waals surface area contributed by atoms with Gasteiger partial charge in [0.15, 0.2) is 0 Å². The third kappa shape index (κ3) is 4.75. The first-order valence-electron chi connectivity index (χ1n) is 6.10. The minimum absolute atomic E-state index is 0.261. The van der Waals surface area contributed by atoms with Crippen LogP contribution < -0.4 is 10.5 Å². The van der Waals surface area contributed by atoms with Crippen LogP contribution in [0.25, 0.3) is 0 Å². The van der Waals surface area contributed by atoms with Gasteiger partial charge in [-0.05, 0) is 39.9 Å². The average Bonchev–Trinajstić information content (AvgIpc) is 2.27. The summed E-state index contributed by atoms with van der Waals surface area (Å²) in [5.41, 5.74) is 8.26. The van der Waals surface area contributed by atoms with E-state index < -0.39 is 0 Å². The minimum Gasteiger partial charge on any atom is -0.496 e. The highest BCUT2D eigenvalue weighted by molar-refractivity contribution is 5.36. The van der Waals surface area contributed by atoms with Gasteiger partial charge in [0.25, 0.3) is 0 Å². The zero-order valence-corrected chi connectivity index (χ0v) is 11.4. The van der Waals surface area contributed by atoms with Crippen LogP contribution in [0.15, 0.2) is 18.2 Å². The van der Waals surface area contributed by atoms with E-state index in [0.29, 0.717) is 0 Å². The van der Waals surface area contributed by atoms with Crippen molar-refractivity contribution in [2.75, 3.05) is 20.7 Å². The van der Waals surface area contributed by atoms with E-state index in [1.165, 1.54) is 11.1 Å². The molecule has 0 radical (unpaired) electrons. The standard InChI is InChI=1S/C14H24N2O/c1-11-5-6-14(17-4)13(9-11)10-16(3)8-7-12(2)15/h5-6,9,12H,7-8,10,15H2,1-4H3. The van der Waals surface area contributed by atoms with Gasteiger partial charge in [-0.1, -0.05) is 17.7 Å². The van der Waals surface area contributed by atoms with Gasteiger partial charge in [-0.3, -0.25) is 0 Å².